The summed E-state index contributed by atoms with van der Waals surface area (Å²) in [4.78, 5) is 48.4. The van der Waals surface area contributed by atoms with E-state index in [9.17, 15) is 19.2 Å². The summed E-state index contributed by atoms with van der Waals surface area (Å²) in [5.74, 6) is -1.66. The Hall–Kier alpha value is -3.10. The largest absolute Gasteiger partial charge is 0.445 e. The molecule has 0 aliphatic rings. The number of amides is 2. The van der Waals surface area contributed by atoms with Crippen LogP contribution in [0.5, 0.6) is 0 Å². The molecule has 1 rings (SSSR count). The van der Waals surface area contributed by atoms with E-state index in [0.717, 1.165) is 12.0 Å². The van der Waals surface area contributed by atoms with Gasteiger partial charge in [0.25, 0.3) is 6.29 Å². The summed E-state index contributed by atoms with van der Waals surface area (Å²) in [5.41, 5.74) is 0.822. The number of ether oxygens (including phenoxy) is 3. The zero-order chi connectivity index (χ0) is 24.8. The Morgan fingerprint density at radius 3 is 2.06 bits per heavy atom. The van der Waals surface area contributed by atoms with Gasteiger partial charge in [-0.15, -0.1) is 0 Å². The summed E-state index contributed by atoms with van der Waals surface area (Å²) < 4.78 is 15.5. The van der Waals surface area contributed by atoms with E-state index in [4.69, 9.17) is 14.2 Å². The predicted octanol–water partition coefficient (Wildman–Crippen LogP) is 3.45. The molecule has 1 unspecified atom stereocenters. The van der Waals surface area contributed by atoms with Crippen LogP contribution in [0, 0.1) is 5.92 Å². The summed E-state index contributed by atoms with van der Waals surface area (Å²) >= 11 is 0. The van der Waals surface area contributed by atoms with Gasteiger partial charge < -0.3 is 24.8 Å². The highest BCUT2D eigenvalue weighted by Gasteiger charge is 2.31. The molecule has 0 aromatic heterocycles. The first-order valence-corrected chi connectivity index (χ1v) is 11.2. The molecule has 0 saturated heterocycles. The fourth-order valence-corrected chi connectivity index (χ4v) is 3.11. The summed E-state index contributed by atoms with van der Waals surface area (Å²) in [6, 6.07) is 7.55. The van der Waals surface area contributed by atoms with E-state index >= 15 is 0 Å². The molecular formula is C24H36N2O7. The summed E-state index contributed by atoms with van der Waals surface area (Å²) in [5, 5.41) is 5.40. The van der Waals surface area contributed by atoms with Crippen molar-refractivity contribution in [2.45, 2.75) is 85.3 Å². The Balaban J connectivity index is 2.89. The van der Waals surface area contributed by atoms with Crippen molar-refractivity contribution in [3.8, 4) is 0 Å². The first-order valence-electron chi connectivity index (χ1n) is 11.2. The van der Waals surface area contributed by atoms with E-state index in [1.54, 1.807) is 0 Å². The van der Waals surface area contributed by atoms with Gasteiger partial charge in [0.2, 0.25) is 5.91 Å². The number of hydrogen-bond acceptors (Lipinski definition) is 7. The van der Waals surface area contributed by atoms with Crippen LogP contribution in [0.15, 0.2) is 30.3 Å². The van der Waals surface area contributed by atoms with E-state index < -0.39 is 42.3 Å². The average molecular weight is 465 g/mol. The van der Waals surface area contributed by atoms with Crippen LogP contribution in [0.25, 0.3) is 0 Å². The molecule has 184 valence electrons. The second-order valence-corrected chi connectivity index (χ2v) is 8.23. The lowest BCUT2D eigenvalue weighted by atomic mass is 10.0. The molecule has 2 amide bonds. The number of rotatable bonds is 13. The van der Waals surface area contributed by atoms with Crippen LogP contribution in [-0.2, 0) is 35.2 Å². The van der Waals surface area contributed by atoms with Crippen molar-refractivity contribution in [3.63, 3.8) is 0 Å². The molecule has 0 aliphatic carbocycles. The van der Waals surface area contributed by atoms with E-state index in [1.807, 2.05) is 51.1 Å². The van der Waals surface area contributed by atoms with Crippen LogP contribution in [-0.4, -0.2) is 42.3 Å². The van der Waals surface area contributed by atoms with Crippen molar-refractivity contribution < 1.29 is 33.4 Å². The molecule has 0 saturated carbocycles. The van der Waals surface area contributed by atoms with Crippen LogP contribution in [0.1, 0.15) is 65.9 Å². The van der Waals surface area contributed by atoms with Gasteiger partial charge in [-0.25, -0.2) is 4.79 Å². The number of carbonyl (C=O) groups is 4. The highest BCUT2D eigenvalue weighted by Crippen LogP contribution is 2.13. The third kappa shape index (κ3) is 11.9. The van der Waals surface area contributed by atoms with Crippen LogP contribution in [0.4, 0.5) is 4.79 Å². The van der Waals surface area contributed by atoms with Crippen molar-refractivity contribution >= 4 is 23.9 Å². The Kier molecular flexibility index (Phi) is 12.6. The fourth-order valence-electron chi connectivity index (χ4n) is 3.11. The Morgan fingerprint density at radius 2 is 1.55 bits per heavy atom. The quantitative estimate of drug-likeness (QED) is 0.339. The number of carbonyl (C=O) groups excluding carboxylic acids is 4. The monoisotopic (exact) mass is 464 g/mol. The SMILES string of the molecule is CCCCC(NC(=O)[C@H](CC(C)C)NC(=O)OCc1ccccc1)C(OC(C)=O)OC(C)=O. The minimum absolute atomic E-state index is 0.0722. The van der Waals surface area contributed by atoms with Gasteiger partial charge in [-0.05, 0) is 24.3 Å². The predicted molar refractivity (Wildman–Crippen MR) is 122 cm³/mol. The van der Waals surface area contributed by atoms with Crippen molar-refractivity contribution in [2.75, 3.05) is 0 Å². The topological polar surface area (TPSA) is 120 Å². The van der Waals surface area contributed by atoms with Crippen LogP contribution in [0.2, 0.25) is 0 Å². The summed E-state index contributed by atoms with van der Waals surface area (Å²) in [7, 11) is 0. The minimum Gasteiger partial charge on any atom is -0.445 e. The molecule has 0 spiro atoms. The number of esters is 2. The van der Waals surface area contributed by atoms with Crippen molar-refractivity contribution in [1.82, 2.24) is 10.6 Å². The molecule has 0 bridgehead atoms. The average Bonchev–Trinajstić information content (AvgIpc) is 2.74. The minimum atomic E-state index is -1.26. The lowest BCUT2D eigenvalue weighted by molar-refractivity contribution is -0.191. The normalized spacial score (nSPS) is 12.6. The van der Waals surface area contributed by atoms with Gasteiger partial charge in [-0.3, -0.25) is 14.4 Å². The standard InChI is InChI=1S/C24H36N2O7/c1-6-7-13-20(23(32-17(4)27)33-18(5)28)25-22(29)21(14-16(2)3)26-24(30)31-15-19-11-9-8-10-12-19/h8-12,16,20-21,23H,6-7,13-15H2,1-5H3,(H,25,29)(H,26,30)/t20?,21-/m0/s1. The zero-order valence-electron chi connectivity index (χ0n) is 20.1. The van der Waals surface area contributed by atoms with Crippen molar-refractivity contribution in [1.29, 1.82) is 0 Å². The second kappa shape index (κ2) is 14.9. The Bertz CT molecular complexity index is 751. The first kappa shape index (κ1) is 27.9. The maximum atomic E-state index is 13.1. The van der Waals surface area contributed by atoms with Gasteiger partial charge in [0.15, 0.2) is 0 Å². The first-order chi connectivity index (χ1) is 15.6. The van der Waals surface area contributed by atoms with Crippen molar-refractivity contribution in [2.24, 2.45) is 5.92 Å². The number of benzene rings is 1. The molecule has 0 radical (unpaired) electrons. The lowest BCUT2D eigenvalue weighted by Crippen LogP contribution is -2.54. The fraction of sp³-hybridized carbons (Fsp3) is 0.583. The summed E-state index contributed by atoms with van der Waals surface area (Å²) in [6.45, 7) is 8.28. The zero-order valence-corrected chi connectivity index (χ0v) is 20.1. The molecule has 2 atom stereocenters. The molecule has 9 heteroatoms. The second-order valence-electron chi connectivity index (χ2n) is 8.23. The maximum absolute atomic E-state index is 13.1. The molecule has 0 fully saturated rings. The number of alkyl carbamates (subject to hydrolysis) is 1. The molecule has 0 heterocycles. The van der Waals surface area contributed by atoms with E-state index in [-0.39, 0.29) is 12.5 Å². The molecule has 1 aromatic carbocycles. The smallest absolute Gasteiger partial charge is 0.408 e. The van der Waals surface area contributed by atoms with Gasteiger partial charge in [-0.2, -0.15) is 0 Å². The highest BCUT2D eigenvalue weighted by molar-refractivity contribution is 5.86. The van der Waals surface area contributed by atoms with Gasteiger partial charge in [-0.1, -0.05) is 63.9 Å². The molecule has 0 aliphatic heterocycles. The van der Waals surface area contributed by atoms with Gasteiger partial charge in [0.05, 0.1) is 0 Å². The van der Waals surface area contributed by atoms with Gasteiger partial charge >= 0.3 is 18.0 Å². The number of unbranched alkanes of at least 4 members (excludes halogenated alkanes) is 1. The van der Waals surface area contributed by atoms with E-state index in [0.29, 0.717) is 19.3 Å². The maximum Gasteiger partial charge on any atom is 0.408 e. The van der Waals surface area contributed by atoms with E-state index in [1.165, 1.54) is 13.8 Å². The third-order valence-corrected chi connectivity index (χ3v) is 4.62. The third-order valence-electron chi connectivity index (χ3n) is 4.62. The Morgan fingerprint density at radius 1 is 0.939 bits per heavy atom. The highest BCUT2D eigenvalue weighted by atomic mass is 16.7. The number of nitrogens with one attached hydrogen (secondary N) is 2. The molecular weight excluding hydrogens is 428 g/mol. The summed E-state index contributed by atoms with van der Waals surface area (Å²) in [6.07, 6.45) is 0.310. The number of hydrogen-bond donors (Lipinski definition) is 2. The molecule has 9 nitrogen and oxygen atoms in total. The van der Waals surface area contributed by atoms with Gasteiger partial charge in [0, 0.05) is 13.8 Å². The molecule has 33 heavy (non-hydrogen) atoms. The van der Waals surface area contributed by atoms with Gasteiger partial charge in [0.1, 0.15) is 18.7 Å². The van der Waals surface area contributed by atoms with Crippen molar-refractivity contribution in [3.05, 3.63) is 35.9 Å². The Labute approximate surface area is 195 Å². The van der Waals surface area contributed by atoms with E-state index in [2.05, 4.69) is 10.6 Å². The lowest BCUT2D eigenvalue weighted by Gasteiger charge is -2.29. The molecule has 1 aromatic rings. The molecule has 2 N–H and O–H groups in total. The van der Waals surface area contributed by atoms with Crippen LogP contribution >= 0.6 is 0 Å². The van der Waals surface area contributed by atoms with Crippen LogP contribution < -0.4 is 10.6 Å². The van der Waals surface area contributed by atoms with Crippen LogP contribution in [0.3, 0.4) is 0 Å².